The molecule has 1 aliphatic heterocycles. The van der Waals surface area contributed by atoms with E-state index in [4.69, 9.17) is 4.74 Å². The van der Waals surface area contributed by atoms with Crippen LogP contribution in [0.3, 0.4) is 0 Å². The Balaban J connectivity index is 1.78. The lowest BCUT2D eigenvalue weighted by atomic mass is 9.98. The molecule has 7 heteroatoms. The van der Waals surface area contributed by atoms with Crippen LogP contribution in [-0.4, -0.2) is 46.0 Å². The Kier molecular flexibility index (Phi) is 5.11. The lowest BCUT2D eigenvalue weighted by Gasteiger charge is -2.31. The lowest BCUT2D eigenvalue weighted by molar-refractivity contribution is -0.149. The monoisotopic (exact) mass is 345 g/mol. The number of rotatable bonds is 4. The molecule has 6 nitrogen and oxygen atoms in total. The number of carbonyl (C=O) groups is 2. The largest absolute Gasteiger partial charge is 0.466 e. The van der Waals surface area contributed by atoms with Gasteiger partial charge in [-0.2, -0.15) is 0 Å². The zero-order valence-corrected chi connectivity index (χ0v) is 14.0. The van der Waals surface area contributed by atoms with Crippen LogP contribution in [0.4, 0.5) is 4.39 Å². The number of piperidine rings is 1. The summed E-state index contributed by atoms with van der Waals surface area (Å²) in [5.41, 5.74) is 1.04. The molecule has 1 saturated heterocycles. The normalized spacial score (nSPS) is 17.4. The first-order valence-corrected chi connectivity index (χ1v) is 8.34. The summed E-state index contributed by atoms with van der Waals surface area (Å²) >= 11 is 0. The Morgan fingerprint density at radius 2 is 2.08 bits per heavy atom. The summed E-state index contributed by atoms with van der Waals surface area (Å²) in [7, 11) is 0. The first-order chi connectivity index (χ1) is 12.1. The molecule has 1 aromatic heterocycles. The Morgan fingerprint density at radius 1 is 1.32 bits per heavy atom. The summed E-state index contributed by atoms with van der Waals surface area (Å²) in [4.78, 5) is 30.6. The summed E-state index contributed by atoms with van der Waals surface area (Å²) < 4.78 is 19.8. The fraction of sp³-hybridized carbons (Fsp3) is 0.389. The maximum absolute atomic E-state index is 13.1. The number of imidazole rings is 1. The highest BCUT2D eigenvalue weighted by Gasteiger charge is 2.31. The molecular formula is C18H20FN3O3. The zero-order chi connectivity index (χ0) is 17.8. The van der Waals surface area contributed by atoms with Crippen LogP contribution >= 0.6 is 0 Å². The van der Waals surface area contributed by atoms with Crippen molar-refractivity contribution in [2.75, 3.05) is 19.7 Å². The average Bonchev–Trinajstić information content (AvgIpc) is 3.11. The molecule has 0 unspecified atom stereocenters. The molecule has 0 bridgehead atoms. The SMILES string of the molecule is CCOC(=O)[C@H]1CCCN(C(=O)c2cncn2-c2ccc(F)cc2)C1. The van der Waals surface area contributed by atoms with Gasteiger partial charge in [0.2, 0.25) is 0 Å². The molecule has 1 aliphatic rings. The number of carbonyl (C=O) groups excluding carboxylic acids is 2. The highest BCUT2D eigenvalue weighted by Crippen LogP contribution is 2.21. The molecule has 0 aliphatic carbocycles. The minimum absolute atomic E-state index is 0.198. The van der Waals surface area contributed by atoms with Crippen LogP contribution in [0.15, 0.2) is 36.8 Å². The minimum atomic E-state index is -0.343. The third-order valence-electron chi connectivity index (χ3n) is 4.29. The second-order valence-corrected chi connectivity index (χ2v) is 5.97. The van der Waals surface area contributed by atoms with Gasteiger partial charge in [0.05, 0.1) is 25.0 Å². The molecule has 1 fully saturated rings. The number of hydrogen-bond donors (Lipinski definition) is 0. The maximum Gasteiger partial charge on any atom is 0.310 e. The van der Waals surface area contributed by atoms with E-state index in [-0.39, 0.29) is 23.6 Å². The van der Waals surface area contributed by atoms with E-state index in [2.05, 4.69) is 4.98 Å². The van der Waals surface area contributed by atoms with Crippen molar-refractivity contribution in [2.45, 2.75) is 19.8 Å². The Hall–Kier alpha value is -2.70. The molecule has 3 rings (SSSR count). The fourth-order valence-electron chi connectivity index (χ4n) is 3.04. The average molecular weight is 345 g/mol. The van der Waals surface area contributed by atoms with E-state index in [0.29, 0.717) is 31.1 Å². The van der Waals surface area contributed by atoms with Crippen molar-refractivity contribution in [3.63, 3.8) is 0 Å². The van der Waals surface area contributed by atoms with Gasteiger partial charge in [0, 0.05) is 18.8 Å². The van der Waals surface area contributed by atoms with Gasteiger partial charge in [0.15, 0.2) is 0 Å². The topological polar surface area (TPSA) is 64.4 Å². The van der Waals surface area contributed by atoms with E-state index >= 15 is 0 Å². The molecule has 1 atom stereocenters. The van der Waals surface area contributed by atoms with E-state index in [1.165, 1.54) is 24.7 Å². The summed E-state index contributed by atoms with van der Waals surface area (Å²) in [6.45, 7) is 3.03. The van der Waals surface area contributed by atoms with Crippen LogP contribution in [0.2, 0.25) is 0 Å². The molecule has 0 radical (unpaired) electrons. The van der Waals surface area contributed by atoms with Crippen molar-refractivity contribution in [2.24, 2.45) is 5.92 Å². The number of esters is 1. The molecule has 0 spiro atoms. The molecule has 1 aromatic carbocycles. The number of aromatic nitrogens is 2. The van der Waals surface area contributed by atoms with Crippen LogP contribution in [0.5, 0.6) is 0 Å². The molecule has 2 aromatic rings. The van der Waals surface area contributed by atoms with E-state index in [1.54, 1.807) is 28.5 Å². The molecule has 2 heterocycles. The predicted octanol–water partition coefficient (Wildman–Crippen LogP) is 2.43. The van der Waals surface area contributed by atoms with Crippen LogP contribution in [-0.2, 0) is 9.53 Å². The number of nitrogens with zero attached hydrogens (tertiary/aromatic N) is 3. The molecular weight excluding hydrogens is 325 g/mol. The standard InChI is InChI=1S/C18H20FN3O3/c1-2-25-18(24)13-4-3-9-21(11-13)17(23)16-10-20-12-22(16)15-7-5-14(19)6-8-15/h5-8,10,12-13H,2-4,9,11H2,1H3/t13-/m0/s1. The van der Waals surface area contributed by atoms with Gasteiger partial charge < -0.3 is 9.64 Å². The van der Waals surface area contributed by atoms with Gasteiger partial charge in [-0.25, -0.2) is 9.37 Å². The van der Waals surface area contributed by atoms with E-state index < -0.39 is 0 Å². The highest BCUT2D eigenvalue weighted by atomic mass is 19.1. The van der Waals surface area contributed by atoms with E-state index in [9.17, 15) is 14.0 Å². The molecule has 1 amide bonds. The zero-order valence-electron chi connectivity index (χ0n) is 14.0. The van der Waals surface area contributed by atoms with Crippen molar-refractivity contribution in [1.29, 1.82) is 0 Å². The van der Waals surface area contributed by atoms with Crippen molar-refractivity contribution in [3.05, 3.63) is 48.3 Å². The minimum Gasteiger partial charge on any atom is -0.466 e. The van der Waals surface area contributed by atoms with Gasteiger partial charge in [-0.05, 0) is 44.0 Å². The number of amides is 1. The van der Waals surface area contributed by atoms with Gasteiger partial charge in [0.1, 0.15) is 11.5 Å². The van der Waals surface area contributed by atoms with Crippen molar-refractivity contribution in [3.8, 4) is 5.69 Å². The van der Waals surface area contributed by atoms with Gasteiger partial charge in [-0.1, -0.05) is 0 Å². The third-order valence-corrected chi connectivity index (χ3v) is 4.29. The molecule has 0 saturated carbocycles. The Labute approximate surface area is 145 Å². The van der Waals surface area contributed by atoms with E-state index in [0.717, 1.165) is 12.8 Å². The number of benzene rings is 1. The first kappa shape index (κ1) is 17.1. The van der Waals surface area contributed by atoms with Crippen LogP contribution < -0.4 is 0 Å². The van der Waals surface area contributed by atoms with Crippen LogP contribution in [0.25, 0.3) is 5.69 Å². The number of ether oxygens (including phenoxy) is 1. The summed E-state index contributed by atoms with van der Waals surface area (Å²) in [6.07, 6.45) is 4.48. The smallest absolute Gasteiger partial charge is 0.310 e. The second-order valence-electron chi connectivity index (χ2n) is 5.97. The van der Waals surface area contributed by atoms with Crippen molar-refractivity contribution in [1.82, 2.24) is 14.5 Å². The van der Waals surface area contributed by atoms with Crippen LogP contribution in [0.1, 0.15) is 30.3 Å². The maximum atomic E-state index is 13.1. The number of hydrogen-bond acceptors (Lipinski definition) is 4. The quantitative estimate of drug-likeness (QED) is 0.799. The van der Waals surface area contributed by atoms with Gasteiger partial charge in [-0.15, -0.1) is 0 Å². The Morgan fingerprint density at radius 3 is 2.80 bits per heavy atom. The summed E-state index contributed by atoms with van der Waals surface area (Å²) in [5.74, 6) is -1.09. The predicted molar refractivity (Wildman–Crippen MR) is 88.8 cm³/mol. The van der Waals surface area contributed by atoms with E-state index in [1.807, 2.05) is 0 Å². The lowest BCUT2D eigenvalue weighted by Crippen LogP contribution is -2.43. The van der Waals surface area contributed by atoms with Gasteiger partial charge in [-0.3, -0.25) is 14.2 Å². The number of halogens is 1. The fourth-order valence-corrected chi connectivity index (χ4v) is 3.04. The van der Waals surface area contributed by atoms with Gasteiger partial charge in [0.25, 0.3) is 5.91 Å². The van der Waals surface area contributed by atoms with Crippen molar-refractivity contribution >= 4 is 11.9 Å². The van der Waals surface area contributed by atoms with Crippen molar-refractivity contribution < 1.29 is 18.7 Å². The third kappa shape index (κ3) is 3.70. The highest BCUT2D eigenvalue weighted by molar-refractivity contribution is 5.93. The Bertz CT molecular complexity index is 757. The molecule has 132 valence electrons. The second kappa shape index (κ2) is 7.46. The first-order valence-electron chi connectivity index (χ1n) is 8.34. The summed E-state index contributed by atoms with van der Waals surface area (Å²) in [5, 5.41) is 0. The summed E-state index contributed by atoms with van der Waals surface area (Å²) in [6, 6.07) is 5.85. The van der Waals surface area contributed by atoms with Crippen LogP contribution in [0, 0.1) is 11.7 Å². The number of likely N-dealkylation sites (tertiary alicyclic amines) is 1. The van der Waals surface area contributed by atoms with Gasteiger partial charge >= 0.3 is 5.97 Å². The molecule has 0 N–H and O–H groups in total. The molecule has 25 heavy (non-hydrogen) atoms.